The number of piperazine rings is 1. The van der Waals surface area contributed by atoms with E-state index in [4.69, 9.17) is 11.5 Å². The fourth-order valence-electron chi connectivity index (χ4n) is 6.43. The number of unbranched alkanes of at least 4 members (excludes halogenated alkanes) is 1. The number of hydrogen-bond donors (Lipinski definition) is 5. The van der Waals surface area contributed by atoms with E-state index in [0.717, 1.165) is 16.9 Å². The number of anilines is 1. The minimum absolute atomic E-state index is 0.0465. The van der Waals surface area contributed by atoms with Gasteiger partial charge in [-0.2, -0.15) is 0 Å². The maximum atomic E-state index is 14.1. The first kappa shape index (κ1) is 40.8. The van der Waals surface area contributed by atoms with E-state index < -0.39 is 36.0 Å². The second kappa shape index (κ2) is 21.5. The Kier molecular flexibility index (Phi) is 16.5. The Labute approximate surface area is 313 Å². The van der Waals surface area contributed by atoms with Gasteiger partial charge in [0, 0.05) is 58.4 Å². The molecule has 2 aromatic carbocycles. The van der Waals surface area contributed by atoms with Gasteiger partial charge in [-0.25, -0.2) is 9.78 Å². The van der Waals surface area contributed by atoms with E-state index >= 15 is 0 Å². The van der Waals surface area contributed by atoms with Crippen molar-refractivity contribution in [3.05, 3.63) is 96.2 Å². The van der Waals surface area contributed by atoms with Gasteiger partial charge >= 0.3 is 6.03 Å². The summed E-state index contributed by atoms with van der Waals surface area (Å²) < 4.78 is 0. The normalized spacial score (nSPS) is 14.6. The Morgan fingerprint density at radius 3 is 1.96 bits per heavy atom. The van der Waals surface area contributed by atoms with E-state index in [0.29, 0.717) is 65.0 Å². The lowest BCUT2D eigenvalue weighted by atomic mass is 10.00. The second-order valence-electron chi connectivity index (χ2n) is 13.9. The number of nitrogens with one attached hydrogen (secondary N) is 3. The third-order valence-electron chi connectivity index (χ3n) is 9.27. The zero-order valence-electron chi connectivity index (χ0n) is 31.2. The standard InChI is InChI=1S/C40H57N9O4/c1-30(2)27-34(37(50)44-33(17-9-11-19-41)39(52)48-25-23-47(24-26-48)36-18-10-12-21-43-36)45-38(51)35(28-31-13-5-3-6-14-31)46-40(53)49(22-20-42)29-32-15-7-4-8-16-32/h3-8,10,12-16,18,21,30,33-35H,9,11,17,19-20,22-29,41-42H2,1-2H3,(H,44,50)(H,45,51)(H,46,53)/t33-,34-,35-/m1/s1. The molecule has 5 amide bonds. The first-order valence-corrected chi connectivity index (χ1v) is 18.8. The molecule has 0 unspecified atom stereocenters. The fourth-order valence-corrected chi connectivity index (χ4v) is 6.43. The highest BCUT2D eigenvalue weighted by Crippen LogP contribution is 2.16. The van der Waals surface area contributed by atoms with Crippen molar-refractivity contribution < 1.29 is 19.2 Å². The van der Waals surface area contributed by atoms with Gasteiger partial charge in [0.1, 0.15) is 23.9 Å². The Balaban J connectivity index is 1.48. The third kappa shape index (κ3) is 13.2. The second-order valence-corrected chi connectivity index (χ2v) is 13.9. The van der Waals surface area contributed by atoms with Crippen LogP contribution in [0.3, 0.4) is 0 Å². The molecule has 4 rings (SSSR count). The molecular formula is C40H57N9O4. The first-order valence-electron chi connectivity index (χ1n) is 18.8. The lowest BCUT2D eigenvalue weighted by Crippen LogP contribution is -2.59. The predicted molar refractivity (Wildman–Crippen MR) is 208 cm³/mol. The summed E-state index contributed by atoms with van der Waals surface area (Å²) in [4.78, 5) is 65.7. The number of hydrogen-bond acceptors (Lipinski definition) is 8. The SMILES string of the molecule is CC(C)C[C@@H](NC(=O)[C@@H](Cc1ccccc1)NC(=O)N(CCN)Cc1ccccc1)C(=O)N[C@H](CCCCN)C(=O)N1CCN(c2ccccn2)CC1. The minimum Gasteiger partial charge on any atom is -0.353 e. The van der Waals surface area contributed by atoms with Crippen molar-refractivity contribution in [1.82, 2.24) is 30.7 Å². The van der Waals surface area contributed by atoms with Crippen LogP contribution in [0.4, 0.5) is 10.6 Å². The van der Waals surface area contributed by atoms with E-state index in [2.05, 4.69) is 25.8 Å². The Hall–Kier alpha value is -5.01. The van der Waals surface area contributed by atoms with E-state index in [-0.39, 0.29) is 31.3 Å². The molecule has 3 atom stereocenters. The van der Waals surface area contributed by atoms with Crippen LogP contribution in [0.1, 0.15) is 50.7 Å². The molecule has 0 spiro atoms. The molecule has 1 fully saturated rings. The van der Waals surface area contributed by atoms with Gasteiger partial charge in [0.25, 0.3) is 0 Å². The lowest BCUT2D eigenvalue weighted by Gasteiger charge is -2.37. The van der Waals surface area contributed by atoms with Gasteiger partial charge in [0.15, 0.2) is 0 Å². The largest absolute Gasteiger partial charge is 0.353 e. The summed E-state index contributed by atoms with van der Waals surface area (Å²) in [5, 5.41) is 8.87. The van der Waals surface area contributed by atoms with Gasteiger partial charge in [0.05, 0.1) is 0 Å². The molecule has 7 N–H and O–H groups in total. The number of pyridine rings is 1. The number of benzene rings is 2. The van der Waals surface area contributed by atoms with Gasteiger partial charge in [-0.15, -0.1) is 0 Å². The Morgan fingerprint density at radius 1 is 0.736 bits per heavy atom. The van der Waals surface area contributed by atoms with Gasteiger partial charge in [0.2, 0.25) is 17.7 Å². The van der Waals surface area contributed by atoms with Crippen LogP contribution >= 0.6 is 0 Å². The molecule has 0 aliphatic carbocycles. The maximum absolute atomic E-state index is 14.1. The number of carbonyl (C=O) groups excluding carboxylic acids is 4. The van der Waals surface area contributed by atoms with Crippen molar-refractivity contribution in [1.29, 1.82) is 0 Å². The van der Waals surface area contributed by atoms with E-state index in [9.17, 15) is 19.2 Å². The van der Waals surface area contributed by atoms with Crippen LogP contribution in [0.25, 0.3) is 0 Å². The summed E-state index contributed by atoms with van der Waals surface area (Å²) >= 11 is 0. The average Bonchev–Trinajstić information content (AvgIpc) is 3.17. The quantitative estimate of drug-likeness (QED) is 0.117. The van der Waals surface area contributed by atoms with Crippen molar-refractivity contribution >= 4 is 29.6 Å². The van der Waals surface area contributed by atoms with Gasteiger partial charge in [-0.1, -0.05) is 80.6 Å². The molecule has 1 aromatic heterocycles. The predicted octanol–water partition coefficient (Wildman–Crippen LogP) is 2.66. The highest BCUT2D eigenvalue weighted by Gasteiger charge is 2.33. The maximum Gasteiger partial charge on any atom is 0.318 e. The minimum atomic E-state index is -0.985. The Bertz CT molecular complexity index is 1550. The van der Waals surface area contributed by atoms with Gasteiger partial charge in [-0.3, -0.25) is 14.4 Å². The summed E-state index contributed by atoms with van der Waals surface area (Å²) in [6.07, 6.45) is 4.10. The van der Waals surface area contributed by atoms with Crippen LogP contribution in [0.15, 0.2) is 85.1 Å². The van der Waals surface area contributed by atoms with Gasteiger partial charge in [-0.05, 0) is 61.4 Å². The van der Waals surface area contributed by atoms with Crippen LogP contribution in [-0.4, -0.2) is 102 Å². The molecule has 3 aromatic rings. The van der Waals surface area contributed by atoms with Crippen LogP contribution in [-0.2, 0) is 27.3 Å². The molecule has 1 aliphatic heterocycles. The number of aromatic nitrogens is 1. The van der Waals surface area contributed by atoms with Crippen LogP contribution in [0, 0.1) is 5.92 Å². The van der Waals surface area contributed by atoms with E-state index in [1.54, 1.807) is 16.0 Å². The number of nitrogens with two attached hydrogens (primary N) is 2. The molecule has 1 aliphatic rings. The summed E-state index contributed by atoms with van der Waals surface area (Å²) in [5.41, 5.74) is 13.4. The number of carbonyl (C=O) groups is 4. The smallest absolute Gasteiger partial charge is 0.318 e. The zero-order valence-corrected chi connectivity index (χ0v) is 31.2. The molecule has 0 saturated carbocycles. The first-order chi connectivity index (χ1) is 25.7. The van der Waals surface area contributed by atoms with Crippen molar-refractivity contribution in [3.63, 3.8) is 0 Å². The van der Waals surface area contributed by atoms with Crippen LogP contribution in [0.2, 0.25) is 0 Å². The van der Waals surface area contributed by atoms with Crippen LogP contribution < -0.4 is 32.3 Å². The Morgan fingerprint density at radius 2 is 1.36 bits per heavy atom. The van der Waals surface area contributed by atoms with Gasteiger partial charge < -0.3 is 42.1 Å². The molecule has 2 heterocycles. The number of rotatable bonds is 19. The van der Waals surface area contributed by atoms with Crippen molar-refractivity contribution in [2.24, 2.45) is 17.4 Å². The highest BCUT2D eigenvalue weighted by molar-refractivity contribution is 5.94. The monoisotopic (exact) mass is 727 g/mol. The highest BCUT2D eigenvalue weighted by atomic mass is 16.2. The number of nitrogens with zero attached hydrogens (tertiary/aromatic N) is 4. The molecule has 0 bridgehead atoms. The summed E-state index contributed by atoms with van der Waals surface area (Å²) in [6, 6.07) is 21.6. The lowest BCUT2D eigenvalue weighted by molar-refractivity contribution is -0.138. The van der Waals surface area contributed by atoms with Crippen LogP contribution in [0.5, 0.6) is 0 Å². The molecule has 13 nitrogen and oxygen atoms in total. The molecule has 53 heavy (non-hydrogen) atoms. The molecule has 286 valence electrons. The molecule has 0 radical (unpaired) electrons. The molecule has 13 heteroatoms. The zero-order chi connectivity index (χ0) is 38.0. The average molecular weight is 728 g/mol. The summed E-state index contributed by atoms with van der Waals surface area (Å²) in [5.74, 6) is -0.177. The van der Waals surface area contributed by atoms with Crippen molar-refractivity contribution in [2.75, 3.05) is 50.7 Å². The number of urea groups is 1. The van der Waals surface area contributed by atoms with Crippen molar-refractivity contribution in [2.45, 2.75) is 70.6 Å². The van der Waals surface area contributed by atoms with E-state index in [1.807, 2.05) is 92.7 Å². The molecular weight excluding hydrogens is 670 g/mol. The molecule has 1 saturated heterocycles. The summed E-state index contributed by atoms with van der Waals surface area (Å²) in [6.45, 7) is 7.51. The third-order valence-corrected chi connectivity index (χ3v) is 9.27. The van der Waals surface area contributed by atoms with Crippen molar-refractivity contribution in [3.8, 4) is 0 Å². The fraction of sp³-hybridized carbons (Fsp3) is 0.475. The summed E-state index contributed by atoms with van der Waals surface area (Å²) in [7, 11) is 0. The van der Waals surface area contributed by atoms with E-state index in [1.165, 1.54) is 0 Å². The number of amides is 5. The topological polar surface area (TPSA) is 179 Å².